The Morgan fingerprint density at radius 2 is 1.42 bits per heavy atom. The second-order valence-corrected chi connectivity index (χ2v) is 28.5. The first-order chi connectivity index (χ1) is 20.7. The predicted octanol–water partition coefficient (Wildman–Crippen LogP) is 11.9. The number of hydrogen-bond acceptors (Lipinski definition) is 2. The summed E-state index contributed by atoms with van der Waals surface area (Å²) in [5, 5.41) is 0. The van der Waals surface area contributed by atoms with Crippen LogP contribution in [0.15, 0.2) is 67.2 Å². The molecule has 3 heteroatoms. The molecule has 0 radical (unpaired) electrons. The number of allylic oxidation sites excluding steroid dienone is 1. The Bertz CT molecular complexity index is 1070. The third-order valence-corrected chi connectivity index (χ3v) is 26.6. The Hall–Kier alpha value is -1.55. The van der Waals surface area contributed by atoms with Crippen molar-refractivity contribution in [1.29, 1.82) is 0 Å². The molecule has 1 unspecified atom stereocenters. The number of ether oxygens (including phenoxy) is 1. The Morgan fingerprint density at radius 1 is 0.884 bits per heavy atom. The molecular weight excluding hydrogens is 631 g/mol. The number of esters is 1. The van der Waals surface area contributed by atoms with Gasteiger partial charge in [-0.2, -0.15) is 0 Å². The van der Waals surface area contributed by atoms with Gasteiger partial charge in [0.1, 0.15) is 0 Å². The molecule has 2 aromatic rings. The minimum atomic E-state index is -2.63. The van der Waals surface area contributed by atoms with Crippen LogP contribution in [0.1, 0.15) is 117 Å². The summed E-state index contributed by atoms with van der Waals surface area (Å²) in [7, 11) is 0. The molecule has 1 aliphatic carbocycles. The van der Waals surface area contributed by atoms with Crippen molar-refractivity contribution in [3.8, 4) is 0 Å². The van der Waals surface area contributed by atoms with E-state index in [0.717, 1.165) is 34.8 Å². The van der Waals surface area contributed by atoms with Gasteiger partial charge in [0.05, 0.1) is 0 Å². The van der Waals surface area contributed by atoms with E-state index in [0.29, 0.717) is 11.8 Å². The van der Waals surface area contributed by atoms with Gasteiger partial charge in [0.15, 0.2) is 0 Å². The normalized spacial score (nSPS) is 20.0. The fraction of sp³-hybridized carbons (Fsp3) is 0.625. The van der Waals surface area contributed by atoms with Crippen molar-refractivity contribution in [2.75, 3.05) is 0 Å². The van der Waals surface area contributed by atoms with Gasteiger partial charge in [-0.15, -0.1) is 0 Å². The monoisotopic (exact) mass is 694 g/mol. The predicted molar refractivity (Wildman–Crippen MR) is 189 cm³/mol. The Kier molecular flexibility index (Phi) is 14.9. The van der Waals surface area contributed by atoms with Gasteiger partial charge in [-0.25, -0.2) is 0 Å². The molecule has 2 aromatic carbocycles. The Labute approximate surface area is 269 Å². The van der Waals surface area contributed by atoms with Crippen molar-refractivity contribution in [3.05, 3.63) is 78.4 Å². The molecule has 0 spiro atoms. The van der Waals surface area contributed by atoms with E-state index in [1.54, 1.807) is 0 Å². The average Bonchev–Trinajstić information content (AvgIpc) is 3.02. The van der Waals surface area contributed by atoms with Crippen molar-refractivity contribution in [3.63, 3.8) is 0 Å². The van der Waals surface area contributed by atoms with E-state index in [1.807, 2.05) is 0 Å². The molecule has 0 amide bonds. The van der Waals surface area contributed by atoms with Gasteiger partial charge in [-0.1, -0.05) is 0 Å². The molecule has 238 valence electrons. The topological polar surface area (TPSA) is 26.3 Å². The first-order valence-electron chi connectivity index (χ1n) is 17.6. The molecule has 0 aromatic heterocycles. The van der Waals surface area contributed by atoms with Gasteiger partial charge >= 0.3 is 271 Å². The van der Waals surface area contributed by atoms with Crippen LogP contribution in [-0.4, -0.2) is 30.5 Å². The van der Waals surface area contributed by atoms with E-state index >= 15 is 0 Å². The van der Waals surface area contributed by atoms with E-state index in [1.165, 1.54) is 63.8 Å². The first kappa shape index (κ1) is 35.9. The molecular formula is C40H62O2Sn. The van der Waals surface area contributed by atoms with E-state index < -0.39 is 18.4 Å². The number of carbonyl (C=O) groups is 1. The maximum absolute atomic E-state index is 14.6. The van der Waals surface area contributed by atoms with Gasteiger partial charge in [0.25, 0.3) is 0 Å². The summed E-state index contributed by atoms with van der Waals surface area (Å²) in [4.78, 5) is 14.6. The van der Waals surface area contributed by atoms with Crippen molar-refractivity contribution in [2.24, 2.45) is 17.8 Å². The second kappa shape index (κ2) is 17.8. The number of benzene rings is 2. The molecule has 0 N–H and O–H groups in total. The maximum atomic E-state index is 14.6. The summed E-state index contributed by atoms with van der Waals surface area (Å²) in [6, 6.07) is 21.4. The number of carbonyl (C=O) groups excluding carboxylic acids is 1. The van der Waals surface area contributed by atoms with E-state index in [4.69, 9.17) is 4.74 Å². The van der Waals surface area contributed by atoms with Crippen molar-refractivity contribution in [1.82, 2.24) is 0 Å². The SMILES string of the molecule is C=C(CC([CH2][Sn]([CH2]CCC)([CH2]CCC)[CH2]CCC)C(=O)O[C@@H]1C[C@H](C)CC[C@H]1C(C)(C)c1ccccc1)c1ccccc1. The summed E-state index contributed by atoms with van der Waals surface area (Å²) < 4.78 is 12.2. The third-order valence-electron chi connectivity index (χ3n) is 10.6. The Balaban J connectivity index is 1.94. The van der Waals surface area contributed by atoms with Gasteiger partial charge in [0.2, 0.25) is 0 Å². The fourth-order valence-corrected chi connectivity index (χ4v) is 25.0. The molecule has 0 bridgehead atoms. The molecule has 1 saturated carbocycles. The number of hydrogen-bond donors (Lipinski definition) is 0. The molecule has 43 heavy (non-hydrogen) atoms. The molecule has 2 nitrogen and oxygen atoms in total. The van der Waals surface area contributed by atoms with Gasteiger partial charge in [-0.05, 0) is 0 Å². The van der Waals surface area contributed by atoms with Crippen LogP contribution in [0.25, 0.3) is 5.57 Å². The standard InChI is InChI=1S/C28H35O2.3C4H9.Sn/c1-20-16-17-25(28(4,5)24-14-10-7-11-15-24)26(18-20)30-27(29)22(3)19-21(2)23-12-8-6-9-13-23;3*1-3-4-2;/h6-15,20,22,25-26H,2-3,16-19H2,1,4-5H3;3*1,3-4H2,2H3;/t20-,22?,25-,26-;;;;/m1..../s1. The minimum absolute atomic E-state index is 0.0366. The second-order valence-electron chi connectivity index (χ2n) is 14.5. The molecule has 0 heterocycles. The van der Waals surface area contributed by atoms with Crippen LogP contribution >= 0.6 is 0 Å². The summed E-state index contributed by atoms with van der Waals surface area (Å²) in [6.07, 6.45) is 11.7. The fourth-order valence-electron chi connectivity index (χ4n) is 7.80. The number of unbranched alkanes of at least 4 members (excludes halogenated alkanes) is 3. The van der Waals surface area contributed by atoms with Crippen molar-refractivity contribution >= 4 is 29.9 Å². The van der Waals surface area contributed by atoms with E-state index in [9.17, 15) is 4.79 Å². The van der Waals surface area contributed by atoms with Crippen molar-refractivity contribution in [2.45, 2.75) is 135 Å². The summed E-state index contributed by atoms with van der Waals surface area (Å²) in [6.45, 7) is 18.6. The quantitative estimate of drug-likeness (QED) is 0.115. The van der Waals surface area contributed by atoms with Crippen LogP contribution in [0.3, 0.4) is 0 Å². The Morgan fingerprint density at radius 3 is 1.95 bits per heavy atom. The van der Waals surface area contributed by atoms with Crippen LogP contribution < -0.4 is 0 Å². The molecule has 1 fully saturated rings. The van der Waals surface area contributed by atoms with Crippen LogP contribution in [0, 0.1) is 17.8 Å². The zero-order valence-corrected chi connectivity index (χ0v) is 31.4. The van der Waals surface area contributed by atoms with Gasteiger partial charge < -0.3 is 0 Å². The zero-order chi connectivity index (χ0) is 31.3. The molecule has 3 rings (SSSR count). The van der Waals surface area contributed by atoms with Crippen LogP contribution in [-0.2, 0) is 14.9 Å². The van der Waals surface area contributed by atoms with Crippen LogP contribution in [0.5, 0.6) is 0 Å². The molecule has 0 saturated heterocycles. The molecule has 1 aliphatic rings. The number of rotatable bonds is 18. The molecule has 4 atom stereocenters. The van der Waals surface area contributed by atoms with Gasteiger partial charge in [0, 0.05) is 0 Å². The summed E-state index contributed by atoms with van der Waals surface area (Å²) in [5.41, 5.74) is 3.54. The molecule has 0 aliphatic heterocycles. The van der Waals surface area contributed by atoms with Crippen molar-refractivity contribution < 1.29 is 9.53 Å². The third kappa shape index (κ3) is 10.5. The van der Waals surface area contributed by atoms with E-state index in [-0.39, 0.29) is 23.4 Å². The van der Waals surface area contributed by atoms with Gasteiger partial charge in [-0.3, -0.25) is 0 Å². The van der Waals surface area contributed by atoms with Crippen LogP contribution in [0.4, 0.5) is 0 Å². The van der Waals surface area contributed by atoms with E-state index in [2.05, 4.69) is 109 Å². The first-order valence-corrected chi connectivity index (χ1v) is 25.7. The zero-order valence-electron chi connectivity index (χ0n) is 28.5. The summed E-state index contributed by atoms with van der Waals surface area (Å²) in [5.74, 6) is 0.888. The summed E-state index contributed by atoms with van der Waals surface area (Å²) >= 11 is -2.63. The van der Waals surface area contributed by atoms with Crippen LogP contribution in [0.2, 0.25) is 17.7 Å². The average molecular weight is 694 g/mol.